The molecule has 3 atom stereocenters. The summed E-state index contributed by atoms with van der Waals surface area (Å²) in [5, 5.41) is 9.61. The molecule has 0 radical (unpaired) electrons. The molecule has 1 heterocycles. The molecule has 1 aliphatic rings. The Labute approximate surface area is 223 Å². The van der Waals surface area contributed by atoms with Crippen molar-refractivity contribution in [1.29, 1.82) is 0 Å². The van der Waals surface area contributed by atoms with Crippen molar-refractivity contribution in [3.05, 3.63) is 95.9 Å². The van der Waals surface area contributed by atoms with Crippen molar-refractivity contribution in [2.75, 3.05) is 13.2 Å². The Hall–Kier alpha value is -3.68. The molecule has 3 aromatic rings. The minimum Gasteiger partial charge on any atom is -0.493 e. The summed E-state index contributed by atoms with van der Waals surface area (Å²) in [4.78, 5) is 16.4. The molecule has 1 aliphatic carbocycles. The van der Waals surface area contributed by atoms with Crippen LogP contribution in [0.2, 0.25) is 0 Å². The fraction of sp³-hybridized carbons (Fsp3) is 0.355. The third-order valence-corrected chi connectivity index (χ3v) is 6.58. The zero-order valence-corrected chi connectivity index (χ0v) is 22.1. The zero-order chi connectivity index (χ0) is 27.0. The van der Waals surface area contributed by atoms with Crippen molar-refractivity contribution < 1.29 is 28.5 Å². The Bertz CT molecular complexity index is 1250. The minimum atomic E-state index is -0.970. The number of benzene rings is 2. The maximum absolute atomic E-state index is 11.7. The van der Waals surface area contributed by atoms with Crippen LogP contribution in [0.15, 0.2) is 83.3 Å². The molecule has 7 nitrogen and oxygen atoms in total. The molecule has 1 aromatic heterocycles. The lowest BCUT2D eigenvalue weighted by molar-refractivity contribution is -0.205. The predicted molar refractivity (Wildman–Crippen MR) is 145 cm³/mol. The molecule has 0 spiro atoms. The average Bonchev–Trinajstić information content (AvgIpc) is 3.29. The van der Waals surface area contributed by atoms with Gasteiger partial charge in [0.15, 0.2) is 6.29 Å². The molecule has 0 saturated carbocycles. The second kappa shape index (κ2) is 12.7. The van der Waals surface area contributed by atoms with Gasteiger partial charge in [-0.3, -0.25) is 4.79 Å². The summed E-state index contributed by atoms with van der Waals surface area (Å²) in [7, 11) is 0. The monoisotopic (exact) mass is 517 g/mol. The van der Waals surface area contributed by atoms with E-state index in [0.29, 0.717) is 31.9 Å². The molecule has 2 aromatic carbocycles. The van der Waals surface area contributed by atoms with E-state index in [1.165, 1.54) is 0 Å². The summed E-state index contributed by atoms with van der Waals surface area (Å²) in [5.74, 6) is 0.524. The van der Waals surface area contributed by atoms with Crippen molar-refractivity contribution in [1.82, 2.24) is 4.98 Å². The lowest BCUT2D eigenvalue weighted by Crippen LogP contribution is -2.44. The fourth-order valence-corrected chi connectivity index (χ4v) is 4.47. The van der Waals surface area contributed by atoms with E-state index in [2.05, 4.69) is 4.98 Å². The SMILES string of the molecule is CCOC(CCc1ccc(OCCc2nc(-c3ccccc3)oc2C)cc1)OC1(C)C=CC=CC1C(=O)O. The first kappa shape index (κ1) is 27.4. The van der Waals surface area contributed by atoms with E-state index in [4.69, 9.17) is 18.6 Å². The molecule has 7 heteroatoms. The standard InChI is InChI=1S/C31H35NO6/c1-4-35-28(38-31(3)20-9-8-12-26(31)30(33)34)18-15-23-13-16-25(17-14-23)36-21-19-27-22(2)37-29(32-27)24-10-6-5-7-11-24/h5-14,16-17,20,26,28H,4,15,18-19,21H2,1-3H3,(H,33,34). The average molecular weight is 518 g/mol. The van der Waals surface area contributed by atoms with Gasteiger partial charge in [-0.25, -0.2) is 4.98 Å². The summed E-state index contributed by atoms with van der Waals surface area (Å²) < 4.78 is 23.8. The highest BCUT2D eigenvalue weighted by molar-refractivity contribution is 5.75. The molecule has 0 fully saturated rings. The molecule has 0 saturated heterocycles. The van der Waals surface area contributed by atoms with Gasteiger partial charge in [0.1, 0.15) is 23.0 Å². The number of carboxylic acid groups (broad SMARTS) is 1. The Morgan fingerprint density at radius 2 is 1.87 bits per heavy atom. The van der Waals surface area contributed by atoms with Gasteiger partial charge < -0.3 is 23.7 Å². The smallest absolute Gasteiger partial charge is 0.313 e. The molecule has 0 amide bonds. The Kier molecular flexibility index (Phi) is 9.15. The fourth-order valence-electron chi connectivity index (χ4n) is 4.47. The number of nitrogens with zero attached hydrogens (tertiary/aromatic N) is 1. The number of hydrogen-bond donors (Lipinski definition) is 1. The van der Waals surface area contributed by atoms with Crippen molar-refractivity contribution in [3.63, 3.8) is 0 Å². The number of ether oxygens (including phenoxy) is 3. The number of aromatic nitrogens is 1. The third-order valence-electron chi connectivity index (χ3n) is 6.58. The van der Waals surface area contributed by atoms with Gasteiger partial charge in [-0.15, -0.1) is 0 Å². The number of hydrogen-bond acceptors (Lipinski definition) is 6. The highest BCUT2D eigenvalue weighted by Gasteiger charge is 2.39. The Balaban J connectivity index is 1.28. The van der Waals surface area contributed by atoms with Crippen LogP contribution in [0, 0.1) is 12.8 Å². The van der Waals surface area contributed by atoms with Crippen LogP contribution in [-0.4, -0.2) is 41.2 Å². The third kappa shape index (κ3) is 7.00. The number of aryl methyl sites for hydroxylation is 2. The molecule has 200 valence electrons. The summed E-state index contributed by atoms with van der Waals surface area (Å²) in [6, 6.07) is 17.8. The van der Waals surface area contributed by atoms with E-state index in [-0.39, 0.29) is 0 Å². The topological polar surface area (TPSA) is 91.0 Å². The number of carboxylic acids is 1. The number of aliphatic carboxylic acids is 1. The zero-order valence-electron chi connectivity index (χ0n) is 22.1. The van der Waals surface area contributed by atoms with E-state index in [1.54, 1.807) is 25.2 Å². The second-order valence-electron chi connectivity index (χ2n) is 9.42. The van der Waals surface area contributed by atoms with Crippen LogP contribution < -0.4 is 4.74 Å². The first-order valence-corrected chi connectivity index (χ1v) is 13.0. The highest BCUT2D eigenvalue weighted by atomic mass is 16.7. The quantitative estimate of drug-likeness (QED) is 0.271. The van der Waals surface area contributed by atoms with Crippen LogP contribution in [-0.2, 0) is 27.1 Å². The van der Waals surface area contributed by atoms with E-state index in [0.717, 1.165) is 34.8 Å². The van der Waals surface area contributed by atoms with Crippen LogP contribution in [0.3, 0.4) is 0 Å². The predicted octanol–water partition coefficient (Wildman–Crippen LogP) is 6.17. The molecule has 0 aliphatic heterocycles. The van der Waals surface area contributed by atoms with Crippen molar-refractivity contribution in [2.24, 2.45) is 5.92 Å². The van der Waals surface area contributed by atoms with Gasteiger partial charge in [0.05, 0.1) is 12.3 Å². The second-order valence-corrected chi connectivity index (χ2v) is 9.42. The van der Waals surface area contributed by atoms with Crippen LogP contribution in [0.25, 0.3) is 11.5 Å². The summed E-state index contributed by atoms with van der Waals surface area (Å²) in [6.07, 6.45) is 8.43. The van der Waals surface area contributed by atoms with Crippen molar-refractivity contribution in [3.8, 4) is 17.2 Å². The highest BCUT2D eigenvalue weighted by Crippen LogP contribution is 2.31. The molecule has 1 N–H and O–H groups in total. The normalized spacial score (nSPS) is 19.4. The van der Waals surface area contributed by atoms with Gasteiger partial charge in [0, 0.05) is 25.0 Å². The minimum absolute atomic E-state index is 0.475. The number of allylic oxidation sites excluding steroid dienone is 2. The Morgan fingerprint density at radius 1 is 1.11 bits per heavy atom. The maximum atomic E-state index is 11.7. The van der Waals surface area contributed by atoms with E-state index >= 15 is 0 Å². The van der Waals surface area contributed by atoms with Gasteiger partial charge in [0.25, 0.3) is 0 Å². The van der Waals surface area contributed by atoms with Crippen LogP contribution in [0.1, 0.15) is 37.3 Å². The summed E-state index contributed by atoms with van der Waals surface area (Å²) >= 11 is 0. The van der Waals surface area contributed by atoms with Crippen LogP contribution >= 0.6 is 0 Å². The first-order chi connectivity index (χ1) is 18.4. The van der Waals surface area contributed by atoms with E-state index < -0.39 is 23.8 Å². The van der Waals surface area contributed by atoms with Crippen molar-refractivity contribution >= 4 is 5.97 Å². The van der Waals surface area contributed by atoms with Gasteiger partial charge in [0.2, 0.25) is 5.89 Å². The molecular formula is C31H35NO6. The largest absolute Gasteiger partial charge is 0.493 e. The lowest BCUT2D eigenvalue weighted by Gasteiger charge is -2.36. The molecule has 3 unspecified atom stereocenters. The van der Waals surface area contributed by atoms with Gasteiger partial charge in [-0.2, -0.15) is 0 Å². The van der Waals surface area contributed by atoms with Crippen LogP contribution in [0.5, 0.6) is 5.75 Å². The van der Waals surface area contributed by atoms with Gasteiger partial charge in [-0.05, 0) is 57.0 Å². The van der Waals surface area contributed by atoms with Crippen LogP contribution in [0.4, 0.5) is 0 Å². The van der Waals surface area contributed by atoms with Crippen molar-refractivity contribution in [2.45, 2.75) is 51.9 Å². The number of carbonyl (C=O) groups is 1. The molecule has 4 rings (SSSR count). The lowest BCUT2D eigenvalue weighted by atomic mass is 9.85. The first-order valence-electron chi connectivity index (χ1n) is 13.0. The molecular weight excluding hydrogens is 482 g/mol. The van der Waals surface area contributed by atoms with E-state index in [9.17, 15) is 9.90 Å². The summed E-state index contributed by atoms with van der Waals surface area (Å²) in [6.45, 7) is 6.58. The number of rotatable bonds is 13. The van der Waals surface area contributed by atoms with Gasteiger partial charge in [-0.1, -0.05) is 54.6 Å². The number of oxazole rings is 1. The molecule has 0 bridgehead atoms. The summed E-state index contributed by atoms with van der Waals surface area (Å²) in [5.41, 5.74) is 2.00. The van der Waals surface area contributed by atoms with E-state index in [1.807, 2.05) is 74.5 Å². The Morgan fingerprint density at radius 3 is 2.58 bits per heavy atom. The molecule has 38 heavy (non-hydrogen) atoms. The van der Waals surface area contributed by atoms with Gasteiger partial charge >= 0.3 is 5.97 Å². The maximum Gasteiger partial charge on any atom is 0.313 e.